The van der Waals surface area contributed by atoms with Crippen molar-refractivity contribution in [1.29, 1.82) is 0 Å². The summed E-state index contributed by atoms with van der Waals surface area (Å²) >= 11 is 0. The first-order valence-corrected chi connectivity index (χ1v) is 23.2. The zero-order chi connectivity index (χ0) is 31.8. The average Bonchev–Trinajstić information content (AvgIpc) is 3.03. The van der Waals surface area contributed by atoms with Gasteiger partial charge in [0, 0.05) is 45.8 Å². The first-order chi connectivity index (χ1) is 19.2. The highest BCUT2D eigenvalue weighted by Gasteiger charge is 2.69. The average molecular weight is 627 g/mol. The number of rotatable bonds is 14. The maximum atomic E-state index is 12.2. The molecule has 42 heavy (non-hydrogen) atoms. The van der Waals surface area contributed by atoms with Gasteiger partial charge in [0.15, 0.2) is 8.32 Å². The molecular weight excluding hydrogens is 561 g/mol. The third-order valence-electron chi connectivity index (χ3n) is 11.9. The van der Waals surface area contributed by atoms with E-state index >= 15 is 0 Å². The Morgan fingerprint density at radius 1 is 0.976 bits per heavy atom. The summed E-state index contributed by atoms with van der Waals surface area (Å²) in [6, 6.07) is 1.13. The molecule has 3 aliphatic rings. The smallest absolute Gasteiger partial charge is 0.192 e. The number of methoxy groups -OCH3 is 1. The highest BCUT2D eigenvalue weighted by molar-refractivity contribution is 6.76. The van der Waals surface area contributed by atoms with Crippen molar-refractivity contribution in [2.75, 3.05) is 33.9 Å². The van der Waals surface area contributed by atoms with E-state index in [0.29, 0.717) is 26.1 Å². The molecule has 0 radical (unpaired) electrons. The van der Waals surface area contributed by atoms with Crippen LogP contribution in [0.2, 0.25) is 43.8 Å². The number of ether oxygens (including phenoxy) is 4. The molecular formula is C34H66O6Si2. The molecule has 0 heterocycles. The number of allylic oxidation sites excluding steroid dienone is 2. The maximum absolute atomic E-state index is 12.2. The van der Waals surface area contributed by atoms with Crippen molar-refractivity contribution in [1.82, 2.24) is 0 Å². The van der Waals surface area contributed by atoms with Crippen molar-refractivity contribution < 1.29 is 28.5 Å². The van der Waals surface area contributed by atoms with Gasteiger partial charge in [-0.05, 0) is 80.0 Å². The molecule has 0 amide bonds. The van der Waals surface area contributed by atoms with Crippen LogP contribution in [0, 0.1) is 28.1 Å². The molecule has 3 rings (SSSR count). The SMILES string of the molecule is COCOCCC[C@@]12C=C(C)C(C)(C)[C@@H]1C[C@@H](O)[C@]1(C)[C@@H]2[C@@H](O[Si](C)(C)C(C)(C)C)CC[C@H]1OCOCC[Si](C)(C)C. The molecule has 7 atom stereocenters. The topological polar surface area (TPSA) is 66.4 Å². The summed E-state index contributed by atoms with van der Waals surface area (Å²) in [7, 11) is -1.58. The first kappa shape index (κ1) is 36.4. The predicted molar refractivity (Wildman–Crippen MR) is 178 cm³/mol. The number of aliphatic hydroxyl groups is 1. The fourth-order valence-electron chi connectivity index (χ4n) is 8.21. The highest BCUT2D eigenvalue weighted by Crippen LogP contribution is 2.70. The van der Waals surface area contributed by atoms with Gasteiger partial charge in [0.2, 0.25) is 0 Å². The van der Waals surface area contributed by atoms with Crippen LogP contribution in [-0.2, 0) is 23.4 Å². The van der Waals surface area contributed by atoms with E-state index in [1.54, 1.807) is 7.11 Å². The van der Waals surface area contributed by atoms with Crippen LogP contribution < -0.4 is 0 Å². The van der Waals surface area contributed by atoms with Crippen LogP contribution >= 0.6 is 0 Å². The van der Waals surface area contributed by atoms with Crippen molar-refractivity contribution in [2.24, 2.45) is 28.1 Å². The summed E-state index contributed by atoms with van der Waals surface area (Å²) in [5, 5.41) is 12.3. The molecule has 246 valence electrons. The van der Waals surface area contributed by atoms with Gasteiger partial charge in [0.25, 0.3) is 0 Å². The lowest BCUT2D eigenvalue weighted by molar-refractivity contribution is -0.255. The summed E-state index contributed by atoms with van der Waals surface area (Å²) in [5.74, 6) is 0.463. The van der Waals surface area contributed by atoms with Crippen LogP contribution in [0.15, 0.2) is 11.6 Å². The van der Waals surface area contributed by atoms with Gasteiger partial charge in [-0.2, -0.15) is 0 Å². The molecule has 1 N–H and O–H groups in total. The van der Waals surface area contributed by atoms with E-state index in [2.05, 4.69) is 87.3 Å². The van der Waals surface area contributed by atoms with Crippen molar-refractivity contribution in [2.45, 2.75) is 143 Å². The van der Waals surface area contributed by atoms with Crippen molar-refractivity contribution in [3.8, 4) is 0 Å². The number of hydrogen-bond donors (Lipinski definition) is 1. The quantitative estimate of drug-likeness (QED) is 0.0907. The second-order valence-corrected chi connectivity index (χ2v) is 27.6. The zero-order valence-electron chi connectivity index (χ0n) is 29.5. The van der Waals surface area contributed by atoms with Gasteiger partial charge < -0.3 is 28.5 Å². The molecule has 8 heteroatoms. The van der Waals surface area contributed by atoms with Gasteiger partial charge in [-0.25, -0.2) is 0 Å². The third-order valence-corrected chi connectivity index (χ3v) is 18.1. The highest BCUT2D eigenvalue weighted by atomic mass is 28.4. The molecule has 2 saturated carbocycles. The second kappa shape index (κ2) is 13.3. The van der Waals surface area contributed by atoms with Crippen LogP contribution in [0.4, 0.5) is 0 Å². The van der Waals surface area contributed by atoms with Crippen molar-refractivity contribution in [3.05, 3.63) is 11.6 Å². The molecule has 0 aliphatic heterocycles. The largest absolute Gasteiger partial charge is 0.414 e. The summed E-state index contributed by atoms with van der Waals surface area (Å²) in [6.07, 6.45) is 6.68. The van der Waals surface area contributed by atoms with Crippen LogP contribution in [0.25, 0.3) is 0 Å². The van der Waals surface area contributed by atoms with Crippen molar-refractivity contribution in [3.63, 3.8) is 0 Å². The first-order valence-electron chi connectivity index (χ1n) is 16.6. The normalized spacial score (nSPS) is 35.1. The van der Waals surface area contributed by atoms with E-state index in [4.69, 9.17) is 23.4 Å². The molecule has 0 bridgehead atoms. The summed E-state index contributed by atoms with van der Waals surface area (Å²) < 4.78 is 31.1. The minimum atomic E-state index is -2.08. The Bertz CT molecular complexity index is 922. The molecule has 3 aliphatic carbocycles. The van der Waals surface area contributed by atoms with Crippen LogP contribution in [-0.4, -0.2) is 73.7 Å². The van der Waals surface area contributed by atoms with Gasteiger partial charge in [0.05, 0.1) is 12.2 Å². The minimum absolute atomic E-state index is 0.00494. The van der Waals surface area contributed by atoms with Gasteiger partial charge in [0.1, 0.15) is 13.6 Å². The predicted octanol–water partition coefficient (Wildman–Crippen LogP) is 8.24. The van der Waals surface area contributed by atoms with E-state index in [-0.39, 0.29) is 34.0 Å². The van der Waals surface area contributed by atoms with Gasteiger partial charge in [-0.3, -0.25) is 0 Å². The Balaban J connectivity index is 2.03. The molecule has 0 aromatic carbocycles. The van der Waals surface area contributed by atoms with E-state index in [9.17, 15) is 5.11 Å². The Hall–Kier alpha value is -0.0662. The van der Waals surface area contributed by atoms with Crippen LogP contribution in [0.5, 0.6) is 0 Å². The van der Waals surface area contributed by atoms with E-state index in [1.807, 2.05) is 0 Å². The fraction of sp³-hybridized carbons (Fsp3) is 0.941. The maximum Gasteiger partial charge on any atom is 0.192 e. The van der Waals surface area contributed by atoms with Gasteiger partial charge >= 0.3 is 0 Å². The van der Waals surface area contributed by atoms with Gasteiger partial charge in [-0.1, -0.05) is 72.8 Å². The summed E-state index contributed by atoms with van der Waals surface area (Å²) in [4.78, 5) is 0. The van der Waals surface area contributed by atoms with E-state index < -0.39 is 27.9 Å². The Kier molecular flexibility index (Phi) is 11.6. The van der Waals surface area contributed by atoms with E-state index in [0.717, 1.165) is 44.8 Å². The van der Waals surface area contributed by atoms with Crippen molar-refractivity contribution >= 4 is 16.4 Å². The summed E-state index contributed by atoms with van der Waals surface area (Å²) in [6.45, 7) is 30.3. The van der Waals surface area contributed by atoms with Crippen LogP contribution in [0.1, 0.15) is 80.6 Å². The number of fused-ring (bicyclic) bond motifs is 3. The monoisotopic (exact) mass is 626 g/mol. The molecule has 6 nitrogen and oxygen atoms in total. The lowest BCUT2D eigenvalue weighted by Gasteiger charge is -2.65. The molecule has 0 saturated heterocycles. The minimum Gasteiger partial charge on any atom is -0.414 e. The fourth-order valence-corrected chi connectivity index (χ4v) is 10.3. The van der Waals surface area contributed by atoms with Crippen LogP contribution in [0.3, 0.4) is 0 Å². The second-order valence-electron chi connectivity index (χ2n) is 17.2. The molecule has 2 fully saturated rings. The Morgan fingerprint density at radius 2 is 1.62 bits per heavy atom. The molecule has 0 aromatic heterocycles. The zero-order valence-corrected chi connectivity index (χ0v) is 31.5. The lowest BCUT2D eigenvalue weighted by atomic mass is 9.43. The Labute approximate surface area is 260 Å². The lowest BCUT2D eigenvalue weighted by Crippen LogP contribution is -2.68. The standard InChI is InChI=1S/C34H66O6Si2/c1-25-22-34(17-14-18-37-23-36-8)27(32(25,5)6)21-28(35)33(7)29(39-24-38-19-20-41(9,10)11)16-15-26(30(33)34)40-42(12,13)31(2,3)4/h22,26-30,35H,14-21,23-24H2,1-13H3/t26-,27-,28+,29+,30-,33-,34+/m0/s1. The van der Waals surface area contributed by atoms with E-state index in [1.165, 1.54) is 5.57 Å². The molecule has 0 aromatic rings. The number of hydrogen-bond acceptors (Lipinski definition) is 6. The summed E-state index contributed by atoms with van der Waals surface area (Å²) in [5.41, 5.74) is 0.885. The third kappa shape index (κ3) is 7.32. The number of aliphatic hydroxyl groups excluding tert-OH is 1. The van der Waals surface area contributed by atoms with Gasteiger partial charge in [-0.15, -0.1) is 0 Å². The molecule has 0 spiro atoms. The molecule has 0 unspecified atom stereocenters. The Morgan fingerprint density at radius 3 is 2.21 bits per heavy atom.